The van der Waals surface area contributed by atoms with Gasteiger partial charge in [-0.15, -0.1) is 0 Å². The summed E-state index contributed by atoms with van der Waals surface area (Å²) in [6, 6.07) is 10.4. The first-order valence-corrected chi connectivity index (χ1v) is 8.79. The molecular formula is C20H20N2O8. The number of carbonyl (C=O) groups is 3. The second-order valence-electron chi connectivity index (χ2n) is 6.01. The van der Waals surface area contributed by atoms with Crippen LogP contribution in [0.1, 0.15) is 26.3 Å². The summed E-state index contributed by atoms with van der Waals surface area (Å²) in [5.74, 6) is -1.67. The van der Waals surface area contributed by atoms with Gasteiger partial charge in [-0.05, 0) is 24.1 Å². The van der Waals surface area contributed by atoms with Crippen LogP contribution in [0, 0.1) is 10.1 Å². The molecule has 158 valence electrons. The summed E-state index contributed by atoms with van der Waals surface area (Å²) in [5, 5.41) is 13.6. The van der Waals surface area contributed by atoms with Gasteiger partial charge in [0.15, 0.2) is 6.61 Å². The molecule has 0 fully saturated rings. The predicted octanol–water partition coefficient (Wildman–Crippen LogP) is 1.91. The molecular weight excluding hydrogens is 396 g/mol. The number of para-hydroxylation sites is 1. The fourth-order valence-corrected chi connectivity index (χ4v) is 2.58. The Labute approximate surface area is 171 Å². The summed E-state index contributed by atoms with van der Waals surface area (Å²) < 4.78 is 14.6. The van der Waals surface area contributed by atoms with E-state index in [9.17, 15) is 24.5 Å². The van der Waals surface area contributed by atoms with E-state index < -0.39 is 35.1 Å². The van der Waals surface area contributed by atoms with Crippen LogP contribution in [-0.4, -0.2) is 50.1 Å². The van der Waals surface area contributed by atoms with Crippen LogP contribution in [0.4, 0.5) is 5.69 Å². The SMILES string of the molecule is COC(=O)c1cc(C(=O)OCC(=O)NCCc2ccccc2OC)cc([N+](=O)[O-])c1. The van der Waals surface area contributed by atoms with Gasteiger partial charge in [-0.1, -0.05) is 18.2 Å². The summed E-state index contributed by atoms with van der Waals surface area (Å²) >= 11 is 0. The Kier molecular flexibility index (Phi) is 7.86. The predicted molar refractivity (Wildman–Crippen MR) is 104 cm³/mol. The van der Waals surface area contributed by atoms with E-state index in [0.29, 0.717) is 18.7 Å². The van der Waals surface area contributed by atoms with Crippen LogP contribution in [0.5, 0.6) is 5.75 Å². The monoisotopic (exact) mass is 416 g/mol. The zero-order valence-corrected chi connectivity index (χ0v) is 16.4. The number of carbonyl (C=O) groups excluding carboxylic acids is 3. The van der Waals surface area contributed by atoms with E-state index in [1.807, 2.05) is 18.2 Å². The van der Waals surface area contributed by atoms with Crippen molar-refractivity contribution in [3.05, 3.63) is 69.3 Å². The van der Waals surface area contributed by atoms with Crippen molar-refractivity contribution in [2.24, 2.45) is 0 Å². The number of nitrogens with one attached hydrogen (secondary N) is 1. The lowest BCUT2D eigenvalue weighted by atomic mass is 10.1. The normalized spacial score (nSPS) is 10.1. The molecule has 0 atom stereocenters. The number of ether oxygens (including phenoxy) is 3. The van der Waals surface area contributed by atoms with Gasteiger partial charge in [0.05, 0.1) is 30.3 Å². The molecule has 2 aromatic carbocycles. The van der Waals surface area contributed by atoms with Gasteiger partial charge in [0.25, 0.3) is 11.6 Å². The molecule has 0 aliphatic heterocycles. The third-order valence-corrected chi connectivity index (χ3v) is 4.03. The van der Waals surface area contributed by atoms with Crippen molar-refractivity contribution in [3.8, 4) is 5.75 Å². The molecule has 0 saturated heterocycles. The van der Waals surface area contributed by atoms with E-state index in [1.165, 1.54) is 0 Å². The molecule has 10 nitrogen and oxygen atoms in total. The van der Waals surface area contributed by atoms with Gasteiger partial charge in [-0.2, -0.15) is 0 Å². The number of rotatable bonds is 9. The first-order chi connectivity index (χ1) is 14.3. The highest BCUT2D eigenvalue weighted by molar-refractivity contribution is 5.97. The van der Waals surface area contributed by atoms with Crippen molar-refractivity contribution >= 4 is 23.5 Å². The lowest BCUT2D eigenvalue weighted by molar-refractivity contribution is -0.384. The standard InChI is InChI=1S/C20H20N2O8/c1-28-17-6-4-3-5-13(17)7-8-21-18(23)12-30-20(25)15-9-14(19(24)29-2)10-16(11-15)22(26)27/h3-6,9-11H,7-8,12H2,1-2H3,(H,21,23). The van der Waals surface area contributed by atoms with Crippen molar-refractivity contribution in [2.75, 3.05) is 27.4 Å². The van der Waals surface area contributed by atoms with E-state index in [1.54, 1.807) is 13.2 Å². The van der Waals surface area contributed by atoms with Crippen LogP contribution >= 0.6 is 0 Å². The number of nitrogens with zero attached hydrogens (tertiary/aromatic N) is 1. The smallest absolute Gasteiger partial charge is 0.338 e. The number of methoxy groups -OCH3 is 2. The largest absolute Gasteiger partial charge is 0.496 e. The number of nitro groups is 1. The van der Waals surface area contributed by atoms with Crippen LogP contribution < -0.4 is 10.1 Å². The molecule has 2 aromatic rings. The highest BCUT2D eigenvalue weighted by Gasteiger charge is 2.20. The molecule has 0 unspecified atom stereocenters. The molecule has 0 bridgehead atoms. The van der Waals surface area contributed by atoms with Gasteiger partial charge in [-0.25, -0.2) is 9.59 Å². The third kappa shape index (κ3) is 6.03. The minimum absolute atomic E-state index is 0.181. The molecule has 10 heteroatoms. The average Bonchev–Trinajstić information content (AvgIpc) is 2.76. The number of amides is 1. The van der Waals surface area contributed by atoms with E-state index >= 15 is 0 Å². The third-order valence-electron chi connectivity index (χ3n) is 4.03. The Morgan fingerprint density at radius 3 is 2.33 bits per heavy atom. The first-order valence-electron chi connectivity index (χ1n) is 8.79. The molecule has 0 heterocycles. The fourth-order valence-electron chi connectivity index (χ4n) is 2.58. The molecule has 1 N–H and O–H groups in total. The Bertz CT molecular complexity index is 958. The number of esters is 2. The summed E-state index contributed by atoms with van der Waals surface area (Å²) in [6.07, 6.45) is 0.511. The van der Waals surface area contributed by atoms with E-state index in [-0.39, 0.29) is 11.1 Å². The van der Waals surface area contributed by atoms with E-state index in [0.717, 1.165) is 30.9 Å². The number of hydrogen-bond acceptors (Lipinski definition) is 8. The molecule has 0 spiro atoms. The molecule has 30 heavy (non-hydrogen) atoms. The molecule has 1 amide bonds. The Morgan fingerprint density at radius 2 is 1.70 bits per heavy atom. The van der Waals surface area contributed by atoms with Gasteiger partial charge < -0.3 is 19.5 Å². The van der Waals surface area contributed by atoms with Gasteiger partial charge >= 0.3 is 11.9 Å². The molecule has 0 radical (unpaired) electrons. The number of non-ortho nitro benzene ring substituents is 1. The molecule has 0 aromatic heterocycles. The van der Waals surface area contributed by atoms with Crippen molar-refractivity contribution in [1.29, 1.82) is 0 Å². The Balaban J connectivity index is 1.93. The number of nitro benzene ring substituents is 1. The van der Waals surface area contributed by atoms with Crippen molar-refractivity contribution < 1.29 is 33.5 Å². The molecule has 2 rings (SSSR count). The minimum Gasteiger partial charge on any atom is -0.496 e. The quantitative estimate of drug-likeness (QED) is 0.372. The first kappa shape index (κ1) is 22.3. The van der Waals surface area contributed by atoms with Gasteiger partial charge in [-0.3, -0.25) is 14.9 Å². The maximum atomic E-state index is 12.2. The zero-order valence-electron chi connectivity index (χ0n) is 16.4. The zero-order chi connectivity index (χ0) is 22.1. The van der Waals surface area contributed by atoms with Gasteiger partial charge in [0.1, 0.15) is 5.75 Å². The van der Waals surface area contributed by atoms with Crippen LogP contribution in [0.2, 0.25) is 0 Å². The highest BCUT2D eigenvalue weighted by Crippen LogP contribution is 2.19. The summed E-state index contributed by atoms with van der Waals surface area (Å²) in [4.78, 5) is 46.0. The lowest BCUT2D eigenvalue weighted by Gasteiger charge is -2.09. The van der Waals surface area contributed by atoms with E-state index in [2.05, 4.69) is 10.1 Å². The summed E-state index contributed by atoms with van der Waals surface area (Å²) in [5.41, 5.74) is 0.00155. The van der Waals surface area contributed by atoms with Crippen LogP contribution in [0.15, 0.2) is 42.5 Å². The number of hydrogen-bond donors (Lipinski definition) is 1. The Hall–Kier alpha value is -3.95. The average molecular weight is 416 g/mol. The maximum absolute atomic E-state index is 12.2. The second kappa shape index (κ2) is 10.6. The minimum atomic E-state index is -0.983. The summed E-state index contributed by atoms with van der Waals surface area (Å²) in [6.45, 7) is -0.291. The van der Waals surface area contributed by atoms with Crippen molar-refractivity contribution in [3.63, 3.8) is 0 Å². The van der Waals surface area contributed by atoms with Crippen LogP contribution in [0.25, 0.3) is 0 Å². The molecule has 0 aliphatic rings. The van der Waals surface area contributed by atoms with E-state index in [4.69, 9.17) is 9.47 Å². The van der Waals surface area contributed by atoms with Crippen molar-refractivity contribution in [2.45, 2.75) is 6.42 Å². The summed E-state index contributed by atoms with van der Waals surface area (Å²) in [7, 11) is 2.66. The number of benzene rings is 2. The molecule has 0 aliphatic carbocycles. The molecule has 0 saturated carbocycles. The van der Waals surface area contributed by atoms with Gasteiger partial charge in [0.2, 0.25) is 0 Å². The highest BCUT2D eigenvalue weighted by atomic mass is 16.6. The fraction of sp³-hybridized carbons (Fsp3) is 0.250. The second-order valence-corrected chi connectivity index (χ2v) is 6.01. The van der Waals surface area contributed by atoms with Crippen LogP contribution in [-0.2, 0) is 20.7 Å². The topological polar surface area (TPSA) is 134 Å². The Morgan fingerprint density at radius 1 is 1.03 bits per heavy atom. The van der Waals surface area contributed by atoms with Crippen molar-refractivity contribution in [1.82, 2.24) is 5.32 Å². The maximum Gasteiger partial charge on any atom is 0.338 e. The lowest BCUT2D eigenvalue weighted by Crippen LogP contribution is -2.30. The van der Waals surface area contributed by atoms with Gasteiger partial charge in [0, 0.05) is 18.7 Å². The van der Waals surface area contributed by atoms with Crippen LogP contribution in [0.3, 0.4) is 0 Å².